The van der Waals surface area contributed by atoms with E-state index in [0.717, 1.165) is 23.2 Å². The Morgan fingerprint density at radius 3 is 2.47 bits per heavy atom. The predicted molar refractivity (Wildman–Crippen MR) is 80.8 cm³/mol. The number of benzene rings is 1. The van der Waals surface area contributed by atoms with Crippen molar-refractivity contribution in [2.24, 2.45) is 5.92 Å². The Morgan fingerprint density at radius 1 is 1.11 bits per heavy atom. The molecule has 0 aliphatic rings. The molecule has 0 saturated carbocycles. The summed E-state index contributed by atoms with van der Waals surface area (Å²) in [4.78, 5) is 8.84. The normalized spacial score (nSPS) is 11.1. The molecule has 0 bridgehead atoms. The van der Waals surface area contributed by atoms with Gasteiger partial charge in [-0.3, -0.25) is 0 Å². The van der Waals surface area contributed by atoms with Crippen LogP contribution in [-0.4, -0.2) is 9.97 Å². The van der Waals surface area contributed by atoms with Gasteiger partial charge in [-0.1, -0.05) is 49.2 Å². The van der Waals surface area contributed by atoms with Crippen LogP contribution in [0.15, 0.2) is 24.3 Å². The molecule has 2 nitrogen and oxygen atoms in total. The zero-order valence-electron chi connectivity index (χ0n) is 11.2. The van der Waals surface area contributed by atoms with Gasteiger partial charge in [0.25, 0.3) is 0 Å². The number of aromatic nitrogens is 2. The summed E-state index contributed by atoms with van der Waals surface area (Å²) in [6.45, 7) is 6.27. The van der Waals surface area contributed by atoms with E-state index in [4.69, 9.17) is 23.2 Å². The topological polar surface area (TPSA) is 25.8 Å². The lowest BCUT2D eigenvalue weighted by Crippen LogP contribution is -2.00. The summed E-state index contributed by atoms with van der Waals surface area (Å²) in [6, 6.07) is 7.62. The highest BCUT2D eigenvalue weighted by Gasteiger charge is 2.08. The van der Waals surface area contributed by atoms with Crippen LogP contribution in [0.4, 0.5) is 0 Å². The van der Waals surface area contributed by atoms with Crippen LogP contribution in [0.25, 0.3) is 11.4 Å². The van der Waals surface area contributed by atoms with Gasteiger partial charge in [0, 0.05) is 16.3 Å². The molecule has 1 aromatic carbocycles. The standard InChI is InChI=1S/C15H16Cl2N2/c1-9(2)6-12-8-14(17)19-15(18-12)11-5-4-10(3)13(16)7-11/h4-5,7-9H,6H2,1-3H3. The van der Waals surface area contributed by atoms with Gasteiger partial charge in [-0.25, -0.2) is 9.97 Å². The highest BCUT2D eigenvalue weighted by molar-refractivity contribution is 6.31. The second-order valence-electron chi connectivity index (χ2n) is 5.07. The SMILES string of the molecule is Cc1ccc(-c2nc(Cl)cc(CC(C)C)n2)cc1Cl. The van der Waals surface area contributed by atoms with Crippen LogP contribution in [0.1, 0.15) is 25.1 Å². The summed E-state index contributed by atoms with van der Waals surface area (Å²) < 4.78 is 0. The lowest BCUT2D eigenvalue weighted by molar-refractivity contribution is 0.634. The van der Waals surface area contributed by atoms with Crippen LogP contribution < -0.4 is 0 Å². The minimum atomic E-state index is 0.470. The molecule has 0 unspecified atom stereocenters. The largest absolute Gasteiger partial charge is 0.233 e. The molecule has 0 fully saturated rings. The molecule has 0 amide bonds. The molecule has 0 saturated heterocycles. The molecule has 0 atom stereocenters. The van der Waals surface area contributed by atoms with Crippen molar-refractivity contribution in [1.82, 2.24) is 9.97 Å². The first-order valence-corrected chi connectivity index (χ1v) is 7.01. The molecule has 2 rings (SSSR count). The van der Waals surface area contributed by atoms with Crippen molar-refractivity contribution in [1.29, 1.82) is 0 Å². The van der Waals surface area contributed by atoms with Gasteiger partial charge in [-0.15, -0.1) is 0 Å². The van der Waals surface area contributed by atoms with Crippen molar-refractivity contribution >= 4 is 23.2 Å². The second-order valence-corrected chi connectivity index (χ2v) is 5.86. The maximum Gasteiger partial charge on any atom is 0.161 e. The molecule has 100 valence electrons. The van der Waals surface area contributed by atoms with Crippen LogP contribution in [0.2, 0.25) is 10.2 Å². The van der Waals surface area contributed by atoms with E-state index in [0.29, 0.717) is 21.9 Å². The Labute approximate surface area is 123 Å². The Bertz CT molecular complexity index is 595. The van der Waals surface area contributed by atoms with E-state index in [1.165, 1.54) is 0 Å². The van der Waals surface area contributed by atoms with E-state index in [1.54, 1.807) is 0 Å². The fourth-order valence-electron chi connectivity index (χ4n) is 1.85. The molecule has 0 aliphatic heterocycles. The summed E-state index contributed by atoms with van der Waals surface area (Å²) in [7, 11) is 0. The van der Waals surface area contributed by atoms with Crippen molar-refractivity contribution < 1.29 is 0 Å². The van der Waals surface area contributed by atoms with Gasteiger partial charge in [0.15, 0.2) is 5.82 Å². The van der Waals surface area contributed by atoms with E-state index in [-0.39, 0.29) is 0 Å². The van der Waals surface area contributed by atoms with Crippen LogP contribution in [0, 0.1) is 12.8 Å². The van der Waals surface area contributed by atoms with E-state index in [1.807, 2.05) is 31.2 Å². The first kappa shape index (κ1) is 14.3. The predicted octanol–water partition coefficient (Wildman–Crippen LogP) is 4.96. The lowest BCUT2D eigenvalue weighted by Gasteiger charge is -2.08. The van der Waals surface area contributed by atoms with E-state index < -0.39 is 0 Å². The zero-order chi connectivity index (χ0) is 14.0. The second kappa shape index (κ2) is 5.89. The van der Waals surface area contributed by atoms with Crippen LogP contribution in [-0.2, 0) is 6.42 Å². The molecule has 0 spiro atoms. The van der Waals surface area contributed by atoms with E-state index >= 15 is 0 Å². The average molecular weight is 295 g/mol. The molecule has 1 aromatic heterocycles. The molecule has 1 heterocycles. The monoisotopic (exact) mass is 294 g/mol. The molecule has 0 aliphatic carbocycles. The van der Waals surface area contributed by atoms with Crippen molar-refractivity contribution in [3.05, 3.63) is 45.7 Å². The molecule has 4 heteroatoms. The highest BCUT2D eigenvalue weighted by Crippen LogP contribution is 2.24. The third kappa shape index (κ3) is 3.68. The Balaban J connectivity index is 2.43. The van der Waals surface area contributed by atoms with Crippen molar-refractivity contribution in [2.45, 2.75) is 27.2 Å². The Hall–Kier alpha value is -1.12. The summed E-state index contributed by atoms with van der Waals surface area (Å²) in [5.74, 6) is 1.16. The number of aryl methyl sites for hydroxylation is 1. The average Bonchev–Trinajstić information content (AvgIpc) is 2.31. The highest BCUT2D eigenvalue weighted by atomic mass is 35.5. The smallest absolute Gasteiger partial charge is 0.161 e. The minimum Gasteiger partial charge on any atom is -0.233 e. The van der Waals surface area contributed by atoms with Gasteiger partial charge in [-0.05, 0) is 37.0 Å². The molecular formula is C15H16Cl2N2. The number of halogens is 2. The first-order chi connectivity index (χ1) is 8.95. The van der Waals surface area contributed by atoms with Gasteiger partial charge in [-0.2, -0.15) is 0 Å². The summed E-state index contributed by atoms with van der Waals surface area (Å²) in [6.07, 6.45) is 0.884. The van der Waals surface area contributed by atoms with E-state index in [2.05, 4.69) is 23.8 Å². The summed E-state index contributed by atoms with van der Waals surface area (Å²) >= 11 is 12.2. The number of hydrogen-bond donors (Lipinski definition) is 0. The van der Waals surface area contributed by atoms with Gasteiger partial charge in [0.05, 0.1) is 0 Å². The number of hydrogen-bond acceptors (Lipinski definition) is 2. The summed E-state index contributed by atoms with van der Waals surface area (Å²) in [5.41, 5.74) is 2.89. The molecular weight excluding hydrogens is 279 g/mol. The summed E-state index contributed by atoms with van der Waals surface area (Å²) in [5, 5.41) is 1.18. The molecule has 2 aromatic rings. The van der Waals surface area contributed by atoms with Crippen LogP contribution in [0.3, 0.4) is 0 Å². The minimum absolute atomic E-state index is 0.470. The van der Waals surface area contributed by atoms with Gasteiger partial charge < -0.3 is 0 Å². The Kier molecular flexibility index (Phi) is 4.43. The maximum absolute atomic E-state index is 6.14. The van der Waals surface area contributed by atoms with E-state index in [9.17, 15) is 0 Å². The molecule has 19 heavy (non-hydrogen) atoms. The molecule has 0 N–H and O–H groups in total. The van der Waals surface area contributed by atoms with Gasteiger partial charge in [0.1, 0.15) is 5.15 Å². The number of nitrogens with zero attached hydrogens (tertiary/aromatic N) is 2. The fourth-order valence-corrected chi connectivity index (χ4v) is 2.23. The first-order valence-electron chi connectivity index (χ1n) is 6.25. The van der Waals surface area contributed by atoms with Crippen molar-refractivity contribution in [3.8, 4) is 11.4 Å². The zero-order valence-corrected chi connectivity index (χ0v) is 12.8. The lowest BCUT2D eigenvalue weighted by atomic mass is 10.1. The molecule has 0 radical (unpaired) electrons. The Morgan fingerprint density at radius 2 is 1.84 bits per heavy atom. The number of rotatable bonds is 3. The van der Waals surface area contributed by atoms with Gasteiger partial charge in [0.2, 0.25) is 0 Å². The third-order valence-corrected chi connectivity index (χ3v) is 3.40. The fraction of sp³-hybridized carbons (Fsp3) is 0.333. The van der Waals surface area contributed by atoms with Crippen LogP contribution in [0.5, 0.6) is 0 Å². The maximum atomic E-state index is 6.14. The van der Waals surface area contributed by atoms with Crippen molar-refractivity contribution in [3.63, 3.8) is 0 Å². The quantitative estimate of drug-likeness (QED) is 0.748. The van der Waals surface area contributed by atoms with Crippen LogP contribution >= 0.6 is 23.2 Å². The van der Waals surface area contributed by atoms with Crippen molar-refractivity contribution in [2.75, 3.05) is 0 Å². The third-order valence-electron chi connectivity index (χ3n) is 2.80. The van der Waals surface area contributed by atoms with Gasteiger partial charge >= 0.3 is 0 Å².